The summed E-state index contributed by atoms with van der Waals surface area (Å²) in [4.78, 5) is 16.1. The van der Waals surface area contributed by atoms with Gasteiger partial charge in [-0.25, -0.2) is 4.39 Å². The highest BCUT2D eigenvalue weighted by Gasteiger charge is 2.24. The molecule has 1 saturated carbocycles. The predicted molar refractivity (Wildman–Crippen MR) is 78.1 cm³/mol. The predicted octanol–water partition coefficient (Wildman–Crippen LogP) is 3.94. The zero-order valence-electron chi connectivity index (χ0n) is 11.3. The molecule has 1 heterocycles. The van der Waals surface area contributed by atoms with Crippen LogP contribution in [0.4, 0.5) is 4.39 Å². The summed E-state index contributed by atoms with van der Waals surface area (Å²) >= 11 is 3.13. The van der Waals surface area contributed by atoms with Gasteiger partial charge < -0.3 is 4.52 Å². The highest BCUT2D eigenvalue weighted by Crippen LogP contribution is 2.26. The lowest BCUT2D eigenvalue weighted by atomic mass is 9.86. The Hall–Kier alpha value is -1.56. The zero-order valence-corrected chi connectivity index (χ0v) is 12.9. The van der Waals surface area contributed by atoms with E-state index >= 15 is 0 Å². The van der Waals surface area contributed by atoms with Crippen molar-refractivity contribution in [3.05, 3.63) is 34.4 Å². The van der Waals surface area contributed by atoms with Gasteiger partial charge in [0, 0.05) is 24.3 Å². The molecule has 6 heteroatoms. The molecule has 110 valence electrons. The van der Waals surface area contributed by atoms with Gasteiger partial charge in [0.2, 0.25) is 11.7 Å². The minimum absolute atomic E-state index is 0.00740. The summed E-state index contributed by atoms with van der Waals surface area (Å²) in [6.45, 7) is 0. The van der Waals surface area contributed by atoms with Gasteiger partial charge in [-0.1, -0.05) is 11.6 Å². The lowest BCUT2D eigenvalue weighted by Gasteiger charge is -2.18. The van der Waals surface area contributed by atoms with Crippen LogP contribution in [0, 0.1) is 11.7 Å². The van der Waals surface area contributed by atoms with Crippen LogP contribution in [0.2, 0.25) is 0 Å². The third-order valence-corrected chi connectivity index (χ3v) is 4.36. The van der Waals surface area contributed by atoms with Crippen LogP contribution in [0.3, 0.4) is 0 Å². The largest absolute Gasteiger partial charge is 0.339 e. The molecule has 4 nitrogen and oxygen atoms in total. The van der Waals surface area contributed by atoms with E-state index in [2.05, 4.69) is 26.1 Å². The summed E-state index contributed by atoms with van der Waals surface area (Å²) in [6.07, 6.45) is 4.08. The second kappa shape index (κ2) is 6.05. The van der Waals surface area contributed by atoms with E-state index in [1.807, 2.05) is 0 Å². The van der Waals surface area contributed by atoms with Gasteiger partial charge in [0.25, 0.3) is 0 Å². The van der Waals surface area contributed by atoms with Crippen molar-refractivity contribution in [1.29, 1.82) is 0 Å². The molecule has 1 unspecified atom stereocenters. The first-order valence-electron chi connectivity index (χ1n) is 6.94. The summed E-state index contributed by atoms with van der Waals surface area (Å²) in [5.41, 5.74) is 0.674. The van der Waals surface area contributed by atoms with E-state index in [9.17, 15) is 9.18 Å². The van der Waals surface area contributed by atoms with Gasteiger partial charge in [-0.2, -0.15) is 4.98 Å². The lowest BCUT2D eigenvalue weighted by molar-refractivity contribution is -0.124. The molecule has 1 aliphatic rings. The number of rotatable bonds is 3. The number of ketones is 1. The Labute approximate surface area is 129 Å². The average Bonchev–Trinajstić information content (AvgIpc) is 2.93. The van der Waals surface area contributed by atoms with Crippen molar-refractivity contribution in [1.82, 2.24) is 10.1 Å². The van der Waals surface area contributed by atoms with Gasteiger partial charge in [-0.05, 0) is 47.0 Å². The van der Waals surface area contributed by atoms with Crippen LogP contribution >= 0.6 is 15.9 Å². The number of hydrogen-bond donors (Lipinski definition) is 0. The van der Waals surface area contributed by atoms with Crippen LogP contribution in [0.5, 0.6) is 0 Å². The molecule has 3 rings (SSSR count). The van der Waals surface area contributed by atoms with Crippen molar-refractivity contribution in [2.75, 3.05) is 0 Å². The highest BCUT2D eigenvalue weighted by atomic mass is 79.9. The van der Waals surface area contributed by atoms with Crippen LogP contribution in [0.15, 0.2) is 27.2 Å². The summed E-state index contributed by atoms with van der Waals surface area (Å²) in [5.74, 6) is 0.812. The van der Waals surface area contributed by atoms with E-state index in [4.69, 9.17) is 4.52 Å². The van der Waals surface area contributed by atoms with E-state index in [0.29, 0.717) is 34.6 Å². The molecule has 2 aromatic rings. The van der Waals surface area contributed by atoms with Crippen molar-refractivity contribution in [2.24, 2.45) is 5.92 Å². The Morgan fingerprint density at radius 3 is 3.00 bits per heavy atom. The Bertz CT molecular complexity index is 671. The number of aromatic nitrogens is 2. The third-order valence-electron chi connectivity index (χ3n) is 3.75. The molecule has 0 N–H and O–H groups in total. The smallest absolute Gasteiger partial charge is 0.227 e. The quantitative estimate of drug-likeness (QED) is 0.839. The molecule has 1 fully saturated rings. The van der Waals surface area contributed by atoms with Crippen LogP contribution in [-0.2, 0) is 11.2 Å². The molecule has 1 atom stereocenters. The molecule has 0 bridgehead atoms. The molecule has 1 aromatic carbocycles. The normalized spacial score (nSPS) is 19.0. The maximum Gasteiger partial charge on any atom is 0.227 e. The fourth-order valence-electron chi connectivity index (χ4n) is 2.57. The standard InChI is InChI=1S/C15H14BrFN2O2/c16-11-7-10(5-6-12(11)17)15-18-14(21-19-15)8-9-3-1-2-4-13(9)20/h5-7,9H,1-4,8H2. The highest BCUT2D eigenvalue weighted by molar-refractivity contribution is 9.10. The molecule has 0 spiro atoms. The number of Topliss-reactive ketones (excluding diaryl/α,β-unsaturated/α-hetero) is 1. The molecule has 1 aliphatic carbocycles. The van der Waals surface area contributed by atoms with Crippen LogP contribution in [-0.4, -0.2) is 15.9 Å². The molecule has 21 heavy (non-hydrogen) atoms. The van der Waals surface area contributed by atoms with Crippen molar-refractivity contribution in [3.63, 3.8) is 0 Å². The Morgan fingerprint density at radius 1 is 1.38 bits per heavy atom. The fraction of sp³-hybridized carbons (Fsp3) is 0.400. The zero-order chi connectivity index (χ0) is 14.8. The van der Waals surface area contributed by atoms with Gasteiger partial charge in [0.05, 0.1) is 4.47 Å². The number of carbonyl (C=O) groups excluding carboxylic acids is 1. The number of nitrogens with zero attached hydrogens (tertiary/aromatic N) is 2. The third kappa shape index (κ3) is 3.20. The Kier molecular flexibility index (Phi) is 4.14. The first kappa shape index (κ1) is 14.4. The lowest BCUT2D eigenvalue weighted by Crippen LogP contribution is -2.21. The number of benzene rings is 1. The second-order valence-corrected chi connectivity index (χ2v) is 6.11. The summed E-state index contributed by atoms with van der Waals surface area (Å²) in [7, 11) is 0. The SMILES string of the molecule is O=C1CCCCC1Cc1nc(-c2ccc(F)c(Br)c2)no1. The van der Waals surface area contributed by atoms with Gasteiger partial charge >= 0.3 is 0 Å². The maximum absolute atomic E-state index is 13.2. The first-order valence-corrected chi connectivity index (χ1v) is 7.73. The number of halogens is 2. The van der Waals surface area contributed by atoms with E-state index < -0.39 is 0 Å². The monoisotopic (exact) mass is 352 g/mol. The topological polar surface area (TPSA) is 56.0 Å². The number of carbonyl (C=O) groups is 1. The maximum atomic E-state index is 13.2. The van der Waals surface area contributed by atoms with Gasteiger partial charge in [0.15, 0.2) is 0 Å². The minimum Gasteiger partial charge on any atom is -0.339 e. The van der Waals surface area contributed by atoms with E-state index in [1.54, 1.807) is 12.1 Å². The second-order valence-electron chi connectivity index (χ2n) is 5.25. The number of hydrogen-bond acceptors (Lipinski definition) is 4. The van der Waals surface area contributed by atoms with Crippen molar-refractivity contribution in [2.45, 2.75) is 32.1 Å². The van der Waals surface area contributed by atoms with E-state index in [0.717, 1.165) is 19.3 Å². The molecule has 0 aliphatic heterocycles. The molecular formula is C15H14BrFN2O2. The van der Waals surface area contributed by atoms with E-state index in [1.165, 1.54) is 6.07 Å². The minimum atomic E-state index is -0.338. The first-order chi connectivity index (χ1) is 10.1. The summed E-state index contributed by atoms with van der Waals surface area (Å²) < 4.78 is 18.8. The van der Waals surface area contributed by atoms with Crippen molar-refractivity contribution < 1.29 is 13.7 Å². The molecule has 0 saturated heterocycles. The van der Waals surface area contributed by atoms with Crippen LogP contribution in [0.1, 0.15) is 31.6 Å². The van der Waals surface area contributed by atoms with Crippen molar-refractivity contribution in [3.8, 4) is 11.4 Å². The Balaban J connectivity index is 1.76. The molecule has 1 aromatic heterocycles. The molecule has 0 amide bonds. The van der Waals surface area contributed by atoms with Gasteiger partial charge in [-0.3, -0.25) is 4.79 Å². The van der Waals surface area contributed by atoms with Crippen LogP contribution in [0.25, 0.3) is 11.4 Å². The average molecular weight is 353 g/mol. The van der Waals surface area contributed by atoms with Gasteiger partial charge in [-0.15, -0.1) is 0 Å². The fourth-order valence-corrected chi connectivity index (χ4v) is 2.95. The van der Waals surface area contributed by atoms with Crippen molar-refractivity contribution >= 4 is 21.7 Å². The van der Waals surface area contributed by atoms with Crippen LogP contribution < -0.4 is 0 Å². The summed E-state index contributed by atoms with van der Waals surface area (Å²) in [5, 5.41) is 3.91. The molecule has 0 radical (unpaired) electrons. The Morgan fingerprint density at radius 2 is 2.24 bits per heavy atom. The summed E-state index contributed by atoms with van der Waals surface area (Å²) in [6, 6.07) is 4.55. The van der Waals surface area contributed by atoms with Gasteiger partial charge in [0.1, 0.15) is 11.6 Å². The van der Waals surface area contributed by atoms with E-state index in [-0.39, 0.29) is 17.5 Å². The molecular weight excluding hydrogens is 339 g/mol.